The number of furan rings is 1. The average Bonchev–Trinajstić information content (AvgIpc) is 3.88. The highest BCUT2D eigenvalue weighted by atomic mass is 16.3. The first kappa shape index (κ1) is 35.8. The Bertz CT molecular complexity index is 3400. The topological polar surface area (TPSA) is 38.9 Å². The molecule has 2 aromatic heterocycles. The third-order valence-electron chi connectivity index (χ3n) is 12.6. The molecule has 0 bridgehead atoms. The smallest absolute Gasteiger partial charge is 0.160 e. The van der Waals surface area contributed by atoms with E-state index >= 15 is 0 Å². The Morgan fingerprint density at radius 2 is 0.855 bits per heavy atom. The minimum Gasteiger partial charge on any atom is -0.456 e. The third-order valence-corrected chi connectivity index (χ3v) is 12.6. The van der Waals surface area contributed by atoms with Crippen molar-refractivity contribution in [2.75, 3.05) is 0 Å². The van der Waals surface area contributed by atoms with Crippen molar-refractivity contribution in [2.24, 2.45) is 0 Å². The van der Waals surface area contributed by atoms with Crippen LogP contribution >= 0.6 is 0 Å². The van der Waals surface area contributed by atoms with Crippen molar-refractivity contribution in [3.63, 3.8) is 0 Å². The van der Waals surface area contributed by atoms with E-state index in [1.54, 1.807) is 0 Å². The van der Waals surface area contributed by atoms with Crippen LogP contribution in [0.4, 0.5) is 0 Å². The van der Waals surface area contributed by atoms with E-state index in [1.807, 2.05) is 30.3 Å². The van der Waals surface area contributed by atoms with Gasteiger partial charge < -0.3 is 4.42 Å². The number of hydrogen-bond acceptors (Lipinski definition) is 3. The minimum absolute atomic E-state index is 0.514. The summed E-state index contributed by atoms with van der Waals surface area (Å²) in [6.45, 7) is 0. The molecule has 0 amide bonds. The van der Waals surface area contributed by atoms with Crippen LogP contribution < -0.4 is 0 Å². The first-order valence-corrected chi connectivity index (χ1v) is 21.1. The largest absolute Gasteiger partial charge is 0.456 e. The molecule has 9 aromatic carbocycles. The summed E-state index contributed by atoms with van der Waals surface area (Å²) < 4.78 is 6.12. The van der Waals surface area contributed by atoms with Gasteiger partial charge in [0.2, 0.25) is 0 Å². The van der Waals surface area contributed by atoms with Crippen molar-refractivity contribution in [2.45, 2.75) is 5.41 Å². The first-order valence-electron chi connectivity index (χ1n) is 21.1. The van der Waals surface area contributed by atoms with E-state index in [1.165, 1.54) is 33.4 Å². The summed E-state index contributed by atoms with van der Waals surface area (Å²) in [5.41, 5.74) is 18.1. The lowest BCUT2D eigenvalue weighted by molar-refractivity contribution is 0.669. The lowest BCUT2D eigenvalue weighted by Gasteiger charge is -2.34. The predicted molar refractivity (Wildman–Crippen MR) is 254 cm³/mol. The molecule has 3 heteroatoms. The molecule has 62 heavy (non-hydrogen) atoms. The van der Waals surface area contributed by atoms with E-state index in [-0.39, 0.29) is 0 Å². The second-order valence-electron chi connectivity index (χ2n) is 16.0. The minimum atomic E-state index is -0.514. The van der Waals surface area contributed by atoms with E-state index in [0.29, 0.717) is 5.82 Å². The zero-order chi connectivity index (χ0) is 41.0. The number of benzene rings is 9. The molecule has 0 fully saturated rings. The maximum absolute atomic E-state index is 6.12. The van der Waals surface area contributed by atoms with Gasteiger partial charge in [-0.3, -0.25) is 0 Å². The van der Waals surface area contributed by atoms with Crippen molar-refractivity contribution in [3.8, 4) is 67.3 Å². The van der Waals surface area contributed by atoms with E-state index < -0.39 is 5.41 Å². The molecule has 0 saturated heterocycles. The number of para-hydroxylation sites is 1. The van der Waals surface area contributed by atoms with Crippen LogP contribution in [0.2, 0.25) is 0 Å². The molecule has 1 aliphatic rings. The zero-order valence-electron chi connectivity index (χ0n) is 33.7. The normalized spacial score (nSPS) is 12.6. The van der Waals surface area contributed by atoms with E-state index in [2.05, 4.69) is 200 Å². The molecule has 11 aromatic rings. The van der Waals surface area contributed by atoms with Crippen molar-refractivity contribution < 1.29 is 4.42 Å². The molecule has 2 heterocycles. The van der Waals surface area contributed by atoms with Crippen LogP contribution in [0.1, 0.15) is 22.3 Å². The second kappa shape index (κ2) is 14.5. The number of hydrogen-bond donors (Lipinski definition) is 0. The monoisotopic (exact) mass is 790 g/mol. The first-order chi connectivity index (χ1) is 30.7. The molecule has 0 atom stereocenters. The number of nitrogens with zero attached hydrogens (tertiary/aromatic N) is 2. The fourth-order valence-electron chi connectivity index (χ4n) is 9.76. The summed E-state index contributed by atoms with van der Waals surface area (Å²) in [6.07, 6.45) is 0. The Labute approximate surface area is 360 Å². The lowest BCUT2D eigenvalue weighted by Crippen LogP contribution is -2.28. The van der Waals surface area contributed by atoms with Crippen molar-refractivity contribution in [1.29, 1.82) is 0 Å². The Hall–Kier alpha value is -8.14. The summed E-state index contributed by atoms with van der Waals surface area (Å²) in [5, 5.41) is 2.26. The average molecular weight is 791 g/mol. The van der Waals surface area contributed by atoms with Gasteiger partial charge in [-0.25, -0.2) is 9.97 Å². The quantitative estimate of drug-likeness (QED) is 0.161. The highest BCUT2D eigenvalue weighted by Gasteiger charge is 2.46. The van der Waals surface area contributed by atoms with E-state index in [0.717, 1.165) is 72.3 Å². The molecule has 0 aliphatic heterocycles. The van der Waals surface area contributed by atoms with Gasteiger partial charge in [0, 0.05) is 27.5 Å². The summed E-state index contributed by atoms with van der Waals surface area (Å²) in [4.78, 5) is 10.6. The van der Waals surface area contributed by atoms with Crippen LogP contribution in [-0.2, 0) is 5.41 Å². The summed E-state index contributed by atoms with van der Waals surface area (Å²) in [7, 11) is 0. The number of fused-ring (bicyclic) bond motifs is 6. The molecule has 0 unspecified atom stereocenters. The van der Waals surface area contributed by atoms with Gasteiger partial charge in [-0.05, 0) is 86.0 Å². The molecule has 3 nitrogen and oxygen atoms in total. The Morgan fingerprint density at radius 3 is 1.61 bits per heavy atom. The van der Waals surface area contributed by atoms with E-state index in [9.17, 15) is 0 Å². The molecule has 12 rings (SSSR count). The Morgan fingerprint density at radius 1 is 0.306 bits per heavy atom. The Balaban J connectivity index is 1.00. The molecule has 0 radical (unpaired) electrons. The molecule has 290 valence electrons. The maximum atomic E-state index is 6.12. The van der Waals surface area contributed by atoms with Gasteiger partial charge in [0.15, 0.2) is 5.82 Å². The van der Waals surface area contributed by atoms with Crippen LogP contribution in [0.25, 0.3) is 89.2 Å². The van der Waals surface area contributed by atoms with Crippen molar-refractivity contribution in [3.05, 3.63) is 253 Å². The third kappa shape index (κ3) is 5.74. The molecule has 0 spiro atoms. The van der Waals surface area contributed by atoms with Crippen molar-refractivity contribution in [1.82, 2.24) is 9.97 Å². The maximum Gasteiger partial charge on any atom is 0.160 e. The highest BCUT2D eigenvalue weighted by Crippen LogP contribution is 2.56. The number of aromatic nitrogens is 2. The standard InChI is InChI=1S/C59H38N2O/c1-4-16-41(17-5-1)58-60-54(43-32-34-48-47-23-12-14-26-52(47)59(53(48)37-43,44-18-6-2-7-19-44)45-20-8-3-9-21-45)38-55(61-58)49-24-11-10-22-46(49)40-30-28-39(29-31-40)42-33-35-57-51(36-42)50-25-13-15-27-56(50)62-57/h1-38H. The van der Waals surface area contributed by atoms with Crippen LogP contribution in [0.15, 0.2) is 235 Å². The molecule has 0 N–H and O–H groups in total. The van der Waals surface area contributed by atoms with Crippen LogP contribution in [0, 0.1) is 0 Å². The van der Waals surface area contributed by atoms with E-state index in [4.69, 9.17) is 14.4 Å². The van der Waals surface area contributed by atoms with Gasteiger partial charge >= 0.3 is 0 Å². The van der Waals surface area contributed by atoms with Crippen LogP contribution in [0.3, 0.4) is 0 Å². The molecular weight excluding hydrogens is 753 g/mol. The van der Waals surface area contributed by atoms with Crippen LogP contribution in [0.5, 0.6) is 0 Å². The summed E-state index contributed by atoms with van der Waals surface area (Å²) >= 11 is 0. The van der Waals surface area contributed by atoms with Crippen molar-refractivity contribution >= 4 is 21.9 Å². The molecule has 0 saturated carbocycles. The van der Waals surface area contributed by atoms with Crippen LogP contribution in [-0.4, -0.2) is 9.97 Å². The van der Waals surface area contributed by atoms with Gasteiger partial charge in [0.1, 0.15) is 11.2 Å². The SMILES string of the molecule is c1ccc(-c2nc(-c3ccc4c(c3)C(c3ccccc3)(c3ccccc3)c3ccccc3-4)cc(-c3ccccc3-c3ccc(-c4ccc5oc6ccccc6c5c4)cc3)n2)cc1. The van der Waals surface area contributed by atoms with Gasteiger partial charge in [-0.2, -0.15) is 0 Å². The number of rotatable bonds is 7. The molecular formula is C59H38N2O. The Kier molecular flexibility index (Phi) is 8.39. The second-order valence-corrected chi connectivity index (χ2v) is 16.0. The van der Waals surface area contributed by atoms with Gasteiger partial charge in [-0.15, -0.1) is 0 Å². The highest BCUT2D eigenvalue weighted by molar-refractivity contribution is 6.06. The zero-order valence-corrected chi connectivity index (χ0v) is 33.7. The lowest BCUT2D eigenvalue weighted by atomic mass is 9.67. The molecule has 1 aliphatic carbocycles. The fourth-order valence-corrected chi connectivity index (χ4v) is 9.76. The van der Waals surface area contributed by atoms with Gasteiger partial charge in [0.25, 0.3) is 0 Å². The fraction of sp³-hybridized carbons (Fsp3) is 0.0169. The summed E-state index contributed by atoms with van der Waals surface area (Å²) in [6, 6.07) is 82.3. The van der Waals surface area contributed by atoms with Gasteiger partial charge in [0.05, 0.1) is 16.8 Å². The summed E-state index contributed by atoms with van der Waals surface area (Å²) in [5.74, 6) is 0.687. The predicted octanol–water partition coefficient (Wildman–Crippen LogP) is 15.1. The van der Waals surface area contributed by atoms with Gasteiger partial charge in [-0.1, -0.05) is 200 Å².